The van der Waals surface area contributed by atoms with Crippen LogP contribution in [0.5, 0.6) is 0 Å². The first-order valence-corrected chi connectivity index (χ1v) is 6.17. The molecule has 5 heteroatoms. The molecular formula is C13H22O5. The lowest BCUT2D eigenvalue weighted by Gasteiger charge is -2.15. The van der Waals surface area contributed by atoms with E-state index in [1.807, 2.05) is 13.8 Å². The van der Waals surface area contributed by atoms with Crippen LogP contribution in [0.4, 0.5) is 4.79 Å². The first-order valence-electron chi connectivity index (χ1n) is 6.17. The highest BCUT2D eigenvalue weighted by Crippen LogP contribution is 2.04. The molecule has 0 radical (unpaired) electrons. The van der Waals surface area contributed by atoms with E-state index in [2.05, 4.69) is 6.58 Å². The lowest BCUT2D eigenvalue weighted by molar-refractivity contribution is -0.142. The molecule has 0 aromatic rings. The molecule has 104 valence electrons. The highest BCUT2D eigenvalue weighted by molar-refractivity contribution is 5.86. The molecule has 18 heavy (non-hydrogen) atoms. The SMILES string of the molecule is C=C(C)C(=O)OCC(CC)OC(=O)OCCCC. The van der Waals surface area contributed by atoms with Crippen molar-refractivity contribution in [2.45, 2.75) is 46.1 Å². The number of rotatable bonds is 8. The van der Waals surface area contributed by atoms with Gasteiger partial charge in [-0.2, -0.15) is 0 Å². The van der Waals surface area contributed by atoms with Gasteiger partial charge < -0.3 is 14.2 Å². The Kier molecular flexibility index (Phi) is 8.70. The van der Waals surface area contributed by atoms with Crippen molar-refractivity contribution in [3.63, 3.8) is 0 Å². The maximum Gasteiger partial charge on any atom is 0.508 e. The summed E-state index contributed by atoms with van der Waals surface area (Å²) in [5.74, 6) is -0.489. The molecule has 0 rings (SSSR count). The van der Waals surface area contributed by atoms with Crippen LogP contribution in [-0.4, -0.2) is 31.4 Å². The van der Waals surface area contributed by atoms with Gasteiger partial charge in [0.1, 0.15) is 12.7 Å². The molecule has 0 aliphatic heterocycles. The summed E-state index contributed by atoms with van der Waals surface area (Å²) in [5, 5.41) is 0. The minimum absolute atomic E-state index is 0.0189. The number of unbranched alkanes of at least 4 members (excludes halogenated alkanes) is 1. The Morgan fingerprint density at radius 3 is 2.39 bits per heavy atom. The monoisotopic (exact) mass is 258 g/mol. The van der Waals surface area contributed by atoms with Crippen LogP contribution in [0, 0.1) is 0 Å². The van der Waals surface area contributed by atoms with Crippen molar-refractivity contribution in [2.75, 3.05) is 13.2 Å². The van der Waals surface area contributed by atoms with Gasteiger partial charge in [0.05, 0.1) is 6.61 Å². The summed E-state index contributed by atoms with van der Waals surface area (Å²) >= 11 is 0. The quantitative estimate of drug-likeness (QED) is 0.380. The Balaban J connectivity index is 3.92. The van der Waals surface area contributed by atoms with Crippen molar-refractivity contribution in [3.8, 4) is 0 Å². The first-order chi connectivity index (χ1) is 8.51. The summed E-state index contributed by atoms with van der Waals surface area (Å²) < 4.78 is 14.8. The highest BCUT2D eigenvalue weighted by atomic mass is 16.7. The maximum atomic E-state index is 11.3. The van der Waals surface area contributed by atoms with Gasteiger partial charge in [-0.05, 0) is 19.8 Å². The molecule has 0 amide bonds. The van der Waals surface area contributed by atoms with Crippen LogP contribution in [0.2, 0.25) is 0 Å². The Morgan fingerprint density at radius 2 is 1.89 bits per heavy atom. The molecule has 0 N–H and O–H groups in total. The van der Waals surface area contributed by atoms with E-state index in [-0.39, 0.29) is 6.61 Å². The van der Waals surface area contributed by atoms with E-state index in [4.69, 9.17) is 14.2 Å². The summed E-state index contributed by atoms with van der Waals surface area (Å²) in [6, 6.07) is 0. The Hall–Kier alpha value is -1.52. The van der Waals surface area contributed by atoms with Gasteiger partial charge in [-0.15, -0.1) is 0 Å². The predicted octanol–water partition coefficient (Wildman–Crippen LogP) is 2.84. The number of hydrogen-bond acceptors (Lipinski definition) is 5. The summed E-state index contributed by atoms with van der Waals surface area (Å²) in [6.07, 6.45) is 1.09. The molecule has 0 aliphatic rings. The maximum absolute atomic E-state index is 11.3. The Bertz CT molecular complexity index is 285. The summed E-state index contributed by atoms with van der Waals surface area (Å²) in [7, 11) is 0. The number of hydrogen-bond donors (Lipinski definition) is 0. The van der Waals surface area contributed by atoms with Crippen LogP contribution in [-0.2, 0) is 19.0 Å². The molecule has 0 saturated heterocycles. The van der Waals surface area contributed by atoms with Crippen LogP contribution < -0.4 is 0 Å². The minimum Gasteiger partial charge on any atom is -0.458 e. The van der Waals surface area contributed by atoms with E-state index < -0.39 is 18.2 Å². The van der Waals surface area contributed by atoms with Crippen molar-refractivity contribution in [2.24, 2.45) is 0 Å². The van der Waals surface area contributed by atoms with Crippen molar-refractivity contribution in [1.29, 1.82) is 0 Å². The van der Waals surface area contributed by atoms with Crippen molar-refractivity contribution >= 4 is 12.1 Å². The fourth-order valence-corrected chi connectivity index (χ4v) is 0.997. The van der Waals surface area contributed by atoms with Crippen LogP contribution in [0.25, 0.3) is 0 Å². The molecule has 0 aromatic carbocycles. The third-order valence-electron chi connectivity index (χ3n) is 2.18. The molecular weight excluding hydrogens is 236 g/mol. The molecule has 5 nitrogen and oxygen atoms in total. The average molecular weight is 258 g/mol. The molecule has 0 aliphatic carbocycles. The smallest absolute Gasteiger partial charge is 0.458 e. The predicted molar refractivity (Wildman–Crippen MR) is 67.2 cm³/mol. The second-order valence-electron chi connectivity index (χ2n) is 3.98. The van der Waals surface area contributed by atoms with E-state index in [0.29, 0.717) is 18.6 Å². The molecule has 0 heterocycles. The highest BCUT2D eigenvalue weighted by Gasteiger charge is 2.16. The van der Waals surface area contributed by atoms with Gasteiger partial charge in [0.2, 0.25) is 0 Å². The third kappa shape index (κ3) is 7.70. The number of carbonyl (C=O) groups is 2. The molecule has 0 fully saturated rings. The standard InChI is InChI=1S/C13H22O5/c1-5-7-8-16-13(15)18-11(6-2)9-17-12(14)10(3)4/h11H,3,5-9H2,1-2,4H3. The Morgan fingerprint density at radius 1 is 1.22 bits per heavy atom. The molecule has 1 unspecified atom stereocenters. The van der Waals surface area contributed by atoms with Gasteiger partial charge in [0, 0.05) is 5.57 Å². The first kappa shape index (κ1) is 16.5. The van der Waals surface area contributed by atoms with Gasteiger partial charge in [-0.25, -0.2) is 9.59 Å². The van der Waals surface area contributed by atoms with Crippen molar-refractivity contribution in [3.05, 3.63) is 12.2 Å². The second kappa shape index (κ2) is 9.50. The molecule has 0 aromatic heterocycles. The number of esters is 1. The average Bonchev–Trinajstić information content (AvgIpc) is 2.34. The van der Waals surface area contributed by atoms with E-state index in [1.54, 1.807) is 6.92 Å². The molecule has 0 spiro atoms. The largest absolute Gasteiger partial charge is 0.508 e. The van der Waals surface area contributed by atoms with Crippen LogP contribution in [0.3, 0.4) is 0 Å². The molecule has 0 saturated carbocycles. The molecule has 0 bridgehead atoms. The second-order valence-corrected chi connectivity index (χ2v) is 3.98. The number of carbonyl (C=O) groups excluding carboxylic acids is 2. The normalized spacial score (nSPS) is 11.5. The zero-order valence-electron chi connectivity index (χ0n) is 11.4. The van der Waals surface area contributed by atoms with E-state index in [0.717, 1.165) is 12.8 Å². The Labute approximate surface area is 108 Å². The van der Waals surface area contributed by atoms with Gasteiger partial charge in [-0.1, -0.05) is 26.8 Å². The van der Waals surface area contributed by atoms with Gasteiger partial charge in [-0.3, -0.25) is 0 Å². The van der Waals surface area contributed by atoms with Gasteiger partial charge in [0.25, 0.3) is 0 Å². The number of ether oxygens (including phenoxy) is 3. The summed E-state index contributed by atoms with van der Waals surface area (Å²) in [5.41, 5.74) is 0.315. The lowest BCUT2D eigenvalue weighted by atomic mass is 10.3. The fourth-order valence-electron chi connectivity index (χ4n) is 0.997. The topological polar surface area (TPSA) is 61.8 Å². The zero-order valence-corrected chi connectivity index (χ0v) is 11.4. The molecule has 1 atom stereocenters. The van der Waals surface area contributed by atoms with E-state index in [1.165, 1.54) is 0 Å². The summed E-state index contributed by atoms with van der Waals surface area (Å²) in [4.78, 5) is 22.4. The van der Waals surface area contributed by atoms with Gasteiger partial charge >= 0.3 is 12.1 Å². The zero-order chi connectivity index (χ0) is 14.0. The van der Waals surface area contributed by atoms with Crippen LogP contribution >= 0.6 is 0 Å². The van der Waals surface area contributed by atoms with E-state index in [9.17, 15) is 9.59 Å². The summed E-state index contributed by atoms with van der Waals surface area (Å²) in [6.45, 7) is 9.22. The lowest BCUT2D eigenvalue weighted by Crippen LogP contribution is -2.25. The van der Waals surface area contributed by atoms with Crippen molar-refractivity contribution in [1.82, 2.24) is 0 Å². The van der Waals surface area contributed by atoms with Crippen LogP contribution in [0.1, 0.15) is 40.0 Å². The van der Waals surface area contributed by atoms with Crippen LogP contribution in [0.15, 0.2) is 12.2 Å². The fraction of sp³-hybridized carbons (Fsp3) is 0.692. The van der Waals surface area contributed by atoms with Gasteiger partial charge in [0.15, 0.2) is 0 Å². The minimum atomic E-state index is -0.721. The third-order valence-corrected chi connectivity index (χ3v) is 2.18. The van der Waals surface area contributed by atoms with Crippen molar-refractivity contribution < 1.29 is 23.8 Å². The van der Waals surface area contributed by atoms with E-state index >= 15 is 0 Å².